The second-order valence-electron chi connectivity index (χ2n) is 4.75. The SMILES string of the molecule is CCOC(CC)(CC)C(Cc1ccc(Br)cc1)NN. The van der Waals surface area contributed by atoms with Gasteiger partial charge in [0.05, 0.1) is 11.6 Å². The van der Waals surface area contributed by atoms with Gasteiger partial charge in [0.25, 0.3) is 0 Å². The van der Waals surface area contributed by atoms with Crippen molar-refractivity contribution in [1.82, 2.24) is 5.43 Å². The number of hydrogen-bond donors (Lipinski definition) is 2. The molecule has 3 nitrogen and oxygen atoms in total. The summed E-state index contributed by atoms with van der Waals surface area (Å²) < 4.78 is 7.12. The van der Waals surface area contributed by atoms with E-state index in [1.165, 1.54) is 5.56 Å². The average molecular weight is 329 g/mol. The molecule has 0 spiro atoms. The van der Waals surface area contributed by atoms with E-state index in [2.05, 4.69) is 59.5 Å². The summed E-state index contributed by atoms with van der Waals surface area (Å²) in [5.74, 6) is 5.78. The topological polar surface area (TPSA) is 47.3 Å². The van der Waals surface area contributed by atoms with Crippen LogP contribution in [0.25, 0.3) is 0 Å². The van der Waals surface area contributed by atoms with Gasteiger partial charge in [0.1, 0.15) is 0 Å². The van der Waals surface area contributed by atoms with E-state index in [-0.39, 0.29) is 11.6 Å². The van der Waals surface area contributed by atoms with Crippen molar-refractivity contribution < 1.29 is 4.74 Å². The molecule has 0 amide bonds. The molecule has 0 saturated carbocycles. The van der Waals surface area contributed by atoms with Crippen LogP contribution in [0, 0.1) is 0 Å². The summed E-state index contributed by atoms with van der Waals surface area (Å²) >= 11 is 3.46. The molecule has 19 heavy (non-hydrogen) atoms. The second kappa shape index (κ2) is 8.00. The number of ether oxygens (including phenoxy) is 1. The Morgan fingerprint density at radius 3 is 2.21 bits per heavy atom. The molecule has 1 aromatic rings. The highest BCUT2D eigenvalue weighted by Crippen LogP contribution is 2.27. The van der Waals surface area contributed by atoms with Crippen LogP contribution in [0.3, 0.4) is 0 Å². The summed E-state index contributed by atoms with van der Waals surface area (Å²) in [4.78, 5) is 0. The van der Waals surface area contributed by atoms with Crippen LogP contribution in [0.1, 0.15) is 39.2 Å². The molecule has 0 aromatic heterocycles. The first-order chi connectivity index (χ1) is 9.11. The van der Waals surface area contributed by atoms with Gasteiger partial charge in [0, 0.05) is 11.1 Å². The van der Waals surface area contributed by atoms with Gasteiger partial charge >= 0.3 is 0 Å². The molecule has 0 aliphatic carbocycles. The minimum absolute atomic E-state index is 0.114. The fraction of sp³-hybridized carbons (Fsp3) is 0.600. The lowest BCUT2D eigenvalue weighted by Crippen LogP contribution is -2.55. The van der Waals surface area contributed by atoms with E-state index in [1.807, 2.05) is 6.92 Å². The first-order valence-corrected chi connectivity index (χ1v) is 7.75. The Morgan fingerprint density at radius 1 is 1.21 bits per heavy atom. The molecule has 0 saturated heterocycles. The van der Waals surface area contributed by atoms with Crippen LogP contribution in [0.4, 0.5) is 0 Å². The fourth-order valence-corrected chi connectivity index (χ4v) is 2.85. The van der Waals surface area contributed by atoms with Gasteiger partial charge in [0.2, 0.25) is 0 Å². The second-order valence-corrected chi connectivity index (χ2v) is 5.67. The van der Waals surface area contributed by atoms with Crippen molar-refractivity contribution in [3.05, 3.63) is 34.3 Å². The van der Waals surface area contributed by atoms with Crippen LogP contribution in [0.15, 0.2) is 28.7 Å². The van der Waals surface area contributed by atoms with Crippen molar-refractivity contribution in [3.8, 4) is 0 Å². The van der Waals surface area contributed by atoms with Crippen LogP contribution < -0.4 is 11.3 Å². The van der Waals surface area contributed by atoms with E-state index in [1.54, 1.807) is 0 Å². The van der Waals surface area contributed by atoms with Crippen LogP contribution in [0.5, 0.6) is 0 Å². The lowest BCUT2D eigenvalue weighted by atomic mass is 9.84. The molecule has 108 valence electrons. The zero-order valence-corrected chi connectivity index (χ0v) is 13.7. The van der Waals surface area contributed by atoms with Crippen LogP contribution >= 0.6 is 15.9 Å². The summed E-state index contributed by atoms with van der Waals surface area (Å²) in [7, 11) is 0. The predicted octanol–water partition coefficient (Wildman–Crippen LogP) is 3.42. The minimum atomic E-state index is -0.198. The average Bonchev–Trinajstić information content (AvgIpc) is 2.44. The monoisotopic (exact) mass is 328 g/mol. The van der Waals surface area contributed by atoms with Crippen molar-refractivity contribution in [2.75, 3.05) is 6.61 Å². The van der Waals surface area contributed by atoms with E-state index in [4.69, 9.17) is 10.6 Å². The number of hydrazine groups is 1. The van der Waals surface area contributed by atoms with Gasteiger partial charge in [-0.3, -0.25) is 11.3 Å². The Morgan fingerprint density at radius 2 is 1.79 bits per heavy atom. The first-order valence-electron chi connectivity index (χ1n) is 6.96. The molecular formula is C15H25BrN2O. The summed E-state index contributed by atoms with van der Waals surface area (Å²) in [5.41, 5.74) is 4.02. The number of benzene rings is 1. The number of rotatable bonds is 8. The number of nitrogens with one attached hydrogen (secondary N) is 1. The lowest BCUT2D eigenvalue weighted by Gasteiger charge is -2.39. The maximum atomic E-state index is 6.03. The van der Waals surface area contributed by atoms with Gasteiger partial charge in [-0.1, -0.05) is 41.9 Å². The fourth-order valence-electron chi connectivity index (χ4n) is 2.59. The number of hydrogen-bond acceptors (Lipinski definition) is 3. The van der Waals surface area contributed by atoms with Crippen molar-refractivity contribution in [3.63, 3.8) is 0 Å². The molecule has 1 unspecified atom stereocenters. The van der Waals surface area contributed by atoms with Gasteiger partial charge in [-0.15, -0.1) is 0 Å². The molecular weight excluding hydrogens is 304 g/mol. The van der Waals surface area contributed by atoms with Gasteiger partial charge in [-0.25, -0.2) is 0 Å². The standard InChI is InChI=1S/C15H25BrN2O/c1-4-15(5-2,19-6-3)14(18-17)11-12-7-9-13(16)10-8-12/h7-10,14,18H,4-6,11,17H2,1-3H3. The highest BCUT2D eigenvalue weighted by Gasteiger charge is 2.35. The third-order valence-electron chi connectivity index (χ3n) is 3.82. The Bertz CT molecular complexity index is 363. The van der Waals surface area contributed by atoms with Gasteiger partial charge in [0.15, 0.2) is 0 Å². The normalized spacial score (nSPS) is 13.5. The Hall–Kier alpha value is -0.420. The number of nitrogens with two attached hydrogens (primary N) is 1. The van der Waals surface area contributed by atoms with E-state index in [9.17, 15) is 0 Å². The molecule has 4 heteroatoms. The smallest absolute Gasteiger partial charge is 0.0846 e. The van der Waals surface area contributed by atoms with Crippen LogP contribution in [-0.4, -0.2) is 18.2 Å². The molecule has 1 atom stereocenters. The predicted molar refractivity (Wildman–Crippen MR) is 83.9 cm³/mol. The summed E-state index contributed by atoms with van der Waals surface area (Å²) in [6.45, 7) is 7.06. The van der Waals surface area contributed by atoms with Gasteiger partial charge in [-0.2, -0.15) is 0 Å². The quantitative estimate of drug-likeness (QED) is 0.567. The Kier molecular flexibility index (Phi) is 7.00. The molecule has 0 radical (unpaired) electrons. The van der Waals surface area contributed by atoms with Crippen molar-refractivity contribution in [1.29, 1.82) is 0 Å². The third-order valence-corrected chi connectivity index (χ3v) is 4.35. The van der Waals surface area contributed by atoms with Gasteiger partial charge < -0.3 is 4.74 Å². The third kappa shape index (κ3) is 4.28. The molecule has 0 fully saturated rings. The summed E-state index contributed by atoms with van der Waals surface area (Å²) in [5, 5.41) is 0. The highest BCUT2D eigenvalue weighted by atomic mass is 79.9. The zero-order chi connectivity index (χ0) is 14.3. The molecule has 0 bridgehead atoms. The van der Waals surface area contributed by atoms with Crippen LogP contribution in [-0.2, 0) is 11.2 Å². The van der Waals surface area contributed by atoms with E-state index in [0.717, 1.165) is 23.7 Å². The van der Waals surface area contributed by atoms with Crippen molar-refractivity contribution in [2.45, 2.75) is 51.7 Å². The summed E-state index contributed by atoms with van der Waals surface area (Å²) in [6, 6.07) is 8.47. The first kappa shape index (κ1) is 16.6. The summed E-state index contributed by atoms with van der Waals surface area (Å²) in [6.07, 6.45) is 2.76. The Labute approximate surface area is 125 Å². The largest absolute Gasteiger partial charge is 0.374 e. The van der Waals surface area contributed by atoms with Crippen molar-refractivity contribution in [2.24, 2.45) is 5.84 Å². The van der Waals surface area contributed by atoms with E-state index in [0.29, 0.717) is 6.61 Å². The maximum Gasteiger partial charge on any atom is 0.0846 e. The lowest BCUT2D eigenvalue weighted by molar-refractivity contribution is -0.0719. The van der Waals surface area contributed by atoms with Crippen molar-refractivity contribution >= 4 is 15.9 Å². The molecule has 0 aliphatic rings. The Balaban J connectivity index is 2.88. The van der Waals surface area contributed by atoms with Gasteiger partial charge in [-0.05, 0) is 43.9 Å². The molecule has 1 aromatic carbocycles. The van der Waals surface area contributed by atoms with E-state index < -0.39 is 0 Å². The minimum Gasteiger partial charge on any atom is -0.374 e. The highest BCUT2D eigenvalue weighted by molar-refractivity contribution is 9.10. The molecule has 1 rings (SSSR count). The zero-order valence-electron chi connectivity index (χ0n) is 12.1. The molecule has 0 aliphatic heterocycles. The maximum absolute atomic E-state index is 6.03. The van der Waals surface area contributed by atoms with E-state index >= 15 is 0 Å². The number of halogens is 1. The van der Waals surface area contributed by atoms with Crippen LogP contribution in [0.2, 0.25) is 0 Å². The molecule has 3 N–H and O–H groups in total. The molecule has 0 heterocycles.